The van der Waals surface area contributed by atoms with E-state index in [1.54, 1.807) is 6.20 Å². The number of urea groups is 1. The molecule has 0 saturated carbocycles. The lowest BCUT2D eigenvalue weighted by molar-refractivity contribution is -0.182. The van der Waals surface area contributed by atoms with Crippen molar-refractivity contribution in [2.24, 2.45) is 0 Å². The van der Waals surface area contributed by atoms with E-state index in [2.05, 4.69) is 9.97 Å². The second kappa shape index (κ2) is 11.9. The van der Waals surface area contributed by atoms with Gasteiger partial charge in [-0.2, -0.15) is 39.5 Å². The Bertz CT molecular complexity index is 1360. The van der Waals surface area contributed by atoms with Crippen LogP contribution in [0, 0.1) is 0 Å². The molecule has 1 N–H and O–H groups in total. The van der Waals surface area contributed by atoms with Crippen molar-refractivity contribution < 1.29 is 53.8 Å². The highest BCUT2D eigenvalue weighted by atomic mass is 19.4. The summed E-state index contributed by atoms with van der Waals surface area (Å²) >= 11 is 0. The summed E-state index contributed by atoms with van der Waals surface area (Å²) in [7, 11) is 2.59. The van der Waals surface area contributed by atoms with Crippen molar-refractivity contribution in [2.75, 3.05) is 20.8 Å². The number of fused-ring (bicyclic) bond motifs is 1. The maximum absolute atomic E-state index is 14.4. The number of carbonyl (C=O) groups excluding carboxylic acids is 1. The molecular weight excluding hydrogens is 577 g/mol. The smallest absolute Gasteiger partial charge is 0.414 e. The number of pyridine rings is 2. The van der Waals surface area contributed by atoms with E-state index in [0.717, 1.165) is 19.2 Å². The minimum absolute atomic E-state index is 0.0184. The molecular formula is C24H24F9N5O3. The Morgan fingerprint density at radius 1 is 1.00 bits per heavy atom. The van der Waals surface area contributed by atoms with Gasteiger partial charge in [0.05, 0.1) is 26.1 Å². The van der Waals surface area contributed by atoms with Crippen molar-refractivity contribution in [3.63, 3.8) is 0 Å². The van der Waals surface area contributed by atoms with Gasteiger partial charge in [-0.1, -0.05) is 0 Å². The summed E-state index contributed by atoms with van der Waals surface area (Å²) < 4.78 is 133. The minimum Gasteiger partial charge on any atom is -0.494 e. The molecule has 2 atom stereocenters. The van der Waals surface area contributed by atoms with Gasteiger partial charge in [0.15, 0.2) is 17.4 Å². The molecule has 0 saturated heterocycles. The van der Waals surface area contributed by atoms with Crippen LogP contribution in [0.15, 0.2) is 36.9 Å². The fraction of sp³-hybridized carbons (Fsp3) is 0.458. The highest BCUT2D eigenvalue weighted by Crippen LogP contribution is 2.41. The summed E-state index contributed by atoms with van der Waals surface area (Å²) in [5.74, 6) is 0.278. The summed E-state index contributed by atoms with van der Waals surface area (Å²) in [6, 6.07) is -5.37. The molecule has 3 aromatic rings. The molecule has 0 unspecified atom stereocenters. The topological polar surface area (TPSA) is 81.0 Å². The van der Waals surface area contributed by atoms with E-state index in [1.165, 1.54) is 42.4 Å². The van der Waals surface area contributed by atoms with E-state index in [-0.39, 0.29) is 27.5 Å². The molecule has 8 nitrogen and oxygen atoms in total. The maximum atomic E-state index is 14.4. The summed E-state index contributed by atoms with van der Waals surface area (Å²) in [5.41, 5.74) is -0.0360. The molecule has 2 amide bonds. The third-order valence-electron chi connectivity index (χ3n) is 6.01. The lowest BCUT2D eigenvalue weighted by atomic mass is 10.0. The monoisotopic (exact) mass is 601 g/mol. The summed E-state index contributed by atoms with van der Waals surface area (Å²) in [4.78, 5) is 20.6. The van der Waals surface area contributed by atoms with E-state index in [4.69, 9.17) is 9.47 Å². The fourth-order valence-electron chi connectivity index (χ4n) is 4.10. The highest BCUT2D eigenvalue weighted by molar-refractivity contribution is 5.76. The predicted molar refractivity (Wildman–Crippen MR) is 126 cm³/mol. The van der Waals surface area contributed by atoms with Gasteiger partial charge in [0, 0.05) is 42.7 Å². The average Bonchev–Trinajstić information content (AvgIpc) is 3.35. The van der Waals surface area contributed by atoms with Crippen LogP contribution in [-0.2, 0) is 0 Å². The van der Waals surface area contributed by atoms with Crippen LogP contribution in [0.2, 0.25) is 0 Å². The number of aromatic nitrogens is 3. The Morgan fingerprint density at radius 3 is 2.20 bits per heavy atom. The van der Waals surface area contributed by atoms with Gasteiger partial charge in [0.1, 0.15) is 11.8 Å². The Hall–Kier alpha value is -3.92. The van der Waals surface area contributed by atoms with Gasteiger partial charge in [-0.15, -0.1) is 0 Å². The van der Waals surface area contributed by atoms with Gasteiger partial charge in [0.25, 0.3) is 0 Å². The molecule has 3 rings (SSSR count). The van der Waals surface area contributed by atoms with Gasteiger partial charge in [0.2, 0.25) is 0 Å². The first-order valence-electron chi connectivity index (χ1n) is 11.8. The van der Waals surface area contributed by atoms with Crippen LogP contribution in [0.3, 0.4) is 0 Å². The molecule has 17 heteroatoms. The van der Waals surface area contributed by atoms with Crippen LogP contribution in [0.1, 0.15) is 31.5 Å². The quantitative estimate of drug-likeness (QED) is 0.291. The molecule has 0 bridgehead atoms. The van der Waals surface area contributed by atoms with E-state index >= 15 is 0 Å². The molecule has 0 spiro atoms. The normalized spacial score (nSPS) is 14.0. The van der Waals surface area contributed by atoms with Crippen molar-refractivity contribution in [2.45, 2.75) is 50.4 Å². The van der Waals surface area contributed by atoms with Crippen LogP contribution in [0.25, 0.3) is 16.8 Å². The third-order valence-corrected chi connectivity index (χ3v) is 6.01. The first kappa shape index (κ1) is 31.6. The lowest BCUT2D eigenvalue weighted by Crippen LogP contribution is -2.53. The number of ether oxygens (including phenoxy) is 2. The number of halogens is 9. The van der Waals surface area contributed by atoms with Crippen LogP contribution >= 0.6 is 0 Å². The number of nitrogens with zero attached hydrogens (tertiary/aromatic N) is 4. The fourth-order valence-corrected chi connectivity index (χ4v) is 4.10. The number of hydrogen-bond acceptors (Lipinski definition) is 5. The van der Waals surface area contributed by atoms with E-state index in [9.17, 15) is 44.3 Å². The number of carbonyl (C=O) groups is 1. The molecule has 226 valence electrons. The Balaban J connectivity index is 2.06. The molecule has 3 heterocycles. The first-order valence-corrected chi connectivity index (χ1v) is 11.8. The van der Waals surface area contributed by atoms with Crippen LogP contribution in [0.5, 0.6) is 11.5 Å². The summed E-state index contributed by atoms with van der Waals surface area (Å²) in [6.07, 6.45) is -13.7. The standard InChI is InChI=1S/C24H24F9N5O3/c1-4-38(21(39)36-18(23(28,29)30)5-6-22(25,26)27)19(24(31,32)33)15-10-14(17(41-3)11-35-15)13-9-16(40-2)20-34-7-8-37(20)12-13/h7-12,18-19H,4-6H2,1-3H3,(H,36,39)/t18-,19-/m0/s1. The van der Waals surface area contributed by atoms with Crippen molar-refractivity contribution in [3.05, 3.63) is 42.6 Å². The highest BCUT2D eigenvalue weighted by Gasteiger charge is 2.49. The van der Waals surface area contributed by atoms with E-state index in [0.29, 0.717) is 5.65 Å². The number of alkyl halides is 9. The predicted octanol–water partition coefficient (Wildman–Crippen LogP) is 6.32. The van der Waals surface area contributed by atoms with Crippen molar-refractivity contribution in [1.29, 1.82) is 0 Å². The number of hydrogen-bond donors (Lipinski definition) is 1. The van der Waals surface area contributed by atoms with E-state index < -0.39 is 61.7 Å². The molecule has 0 aromatic carbocycles. The number of nitrogens with one attached hydrogen (secondary N) is 1. The van der Waals surface area contributed by atoms with E-state index in [1.807, 2.05) is 0 Å². The largest absolute Gasteiger partial charge is 0.494 e. The number of methoxy groups -OCH3 is 2. The second-order valence-corrected chi connectivity index (χ2v) is 8.69. The molecule has 0 aliphatic heterocycles. The molecule has 0 fully saturated rings. The first-order chi connectivity index (χ1) is 19.0. The van der Waals surface area contributed by atoms with Gasteiger partial charge in [-0.3, -0.25) is 4.98 Å². The van der Waals surface area contributed by atoms with Crippen LogP contribution in [0.4, 0.5) is 44.3 Å². The zero-order valence-electron chi connectivity index (χ0n) is 21.7. The van der Waals surface area contributed by atoms with Crippen molar-refractivity contribution >= 4 is 11.7 Å². The number of rotatable bonds is 9. The Morgan fingerprint density at radius 2 is 1.66 bits per heavy atom. The Labute approximate surface area is 227 Å². The average molecular weight is 601 g/mol. The zero-order chi connectivity index (χ0) is 30.8. The van der Waals surface area contributed by atoms with Gasteiger partial charge < -0.3 is 24.1 Å². The summed E-state index contributed by atoms with van der Waals surface area (Å²) in [6.45, 7) is 0.302. The number of amides is 2. The Kier molecular flexibility index (Phi) is 9.17. The molecule has 0 radical (unpaired) electrons. The van der Waals surface area contributed by atoms with Crippen LogP contribution < -0.4 is 14.8 Å². The second-order valence-electron chi connectivity index (χ2n) is 8.69. The van der Waals surface area contributed by atoms with Crippen LogP contribution in [-0.4, -0.2) is 70.6 Å². The third kappa shape index (κ3) is 7.43. The zero-order valence-corrected chi connectivity index (χ0v) is 21.7. The van der Waals surface area contributed by atoms with Crippen molar-refractivity contribution in [1.82, 2.24) is 24.6 Å². The van der Waals surface area contributed by atoms with Crippen molar-refractivity contribution in [3.8, 4) is 22.6 Å². The van der Waals surface area contributed by atoms with Gasteiger partial charge in [-0.25, -0.2) is 9.78 Å². The number of imidazole rings is 1. The maximum Gasteiger partial charge on any atom is 0.414 e. The lowest BCUT2D eigenvalue weighted by Gasteiger charge is -2.34. The molecule has 3 aromatic heterocycles. The van der Waals surface area contributed by atoms with Gasteiger partial charge >= 0.3 is 24.6 Å². The SMILES string of the molecule is CCN(C(=O)N[C@@H](CCC(F)(F)F)C(F)(F)F)[C@@H](c1cc(-c2cc(OC)c3nccn3c2)c(OC)cn1)C(F)(F)F. The molecule has 0 aliphatic rings. The van der Waals surface area contributed by atoms with Gasteiger partial charge in [-0.05, 0) is 25.5 Å². The molecule has 0 aliphatic carbocycles. The molecule has 41 heavy (non-hydrogen) atoms. The summed E-state index contributed by atoms with van der Waals surface area (Å²) in [5, 5.41) is 1.29. The minimum atomic E-state index is -5.36.